The molecule has 3 rings (SSSR count). The van der Waals surface area contributed by atoms with E-state index in [1.165, 1.54) is 11.6 Å². The number of halogens is 2. The Morgan fingerprint density at radius 2 is 1.92 bits per heavy atom. The third kappa shape index (κ3) is 6.73. The predicted octanol–water partition coefficient (Wildman–Crippen LogP) is 8.25. The van der Waals surface area contributed by atoms with E-state index in [9.17, 15) is 9.18 Å². The molecule has 36 heavy (non-hydrogen) atoms. The Labute approximate surface area is 225 Å². The third-order valence-corrected chi connectivity index (χ3v) is 8.29. The van der Waals surface area contributed by atoms with Crippen LogP contribution >= 0.6 is 23.4 Å². The molecule has 2 aromatic carbocycles. The number of amides is 1. The molecular formula is C30H39ClFNO2S. The Kier molecular flexibility index (Phi) is 9.70. The number of rotatable bonds is 9. The van der Waals surface area contributed by atoms with Crippen LogP contribution in [0, 0.1) is 12.7 Å². The number of ether oxygens (including phenoxy) is 1. The van der Waals surface area contributed by atoms with Crippen molar-refractivity contribution in [2.24, 2.45) is 0 Å². The van der Waals surface area contributed by atoms with Crippen LogP contribution in [0.1, 0.15) is 81.9 Å². The molecule has 3 nitrogen and oxygen atoms in total. The zero-order valence-electron chi connectivity index (χ0n) is 22.3. The van der Waals surface area contributed by atoms with E-state index in [1.807, 2.05) is 22.7 Å². The van der Waals surface area contributed by atoms with E-state index in [4.69, 9.17) is 16.3 Å². The second kappa shape index (κ2) is 12.1. The molecule has 2 aromatic rings. The van der Waals surface area contributed by atoms with E-state index in [2.05, 4.69) is 66.3 Å². The van der Waals surface area contributed by atoms with Crippen LogP contribution in [0.4, 0.5) is 4.39 Å². The van der Waals surface area contributed by atoms with Gasteiger partial charge in [0.1, 0.15) is 18.0 Å². The van der Waals surface area contributed by atoms with Crippen LogP contribution in [-0.4, -0.2) is 33.5 Å². The van der Waals surface area contributed by atoms with Crippen LogP contribution in [0.2, 0.25) is 5.02 Å². The molecule has 0 aliphatic carbocycles. The molecular weight excluding hydrogens is 493 g/mol. The largest absolute Gasteiger partial charge is 0.358 e. The van der Waals surface area contributed by atoms with Crippen molar-refractivity contribution in [3.8, 4) is 0 Å². The number of benzene rings is 2. The van der Waals surface area contributed by atoms with E-state index in [1.54, 1.807) is 12.1 Å². The van der Waals surface area contributed by atoms with E-state index in [0.29, 0.717) is 12.0 Å². The molecule has 6 heteroatoms. The lowest BCUT2D eigenvalue weighted by Crippen LogP contribution is -2.55. The van der Waals surface area contributed by atoms with Gasteiger partial charge in [-0.2, -0.15) is 11.8 Å². The van der Waals surface area contributed by atoms with Crippen LogP contribution in [0.5, 0.6) is 0 Å². The summed E-state index contributed by atoms with van der Waals surface area (Å²) >= 11 is 7.89. The highest BCUT2D eigenvalue weighted by molar-refractivity contribution is 8.00. The smallest absolute Gasteiger partial charge is 0.252 e. The fraction of sp³-hybridized carbons (Fsp3) is 0.500. The van der Waals surface area contributed by atoms with Gasteiger partial charge in [0.05, 0.1) is 11.1 Å². The molecule has 0 saturated carbocycles. The van der Waals surface area contributed by atoms with E-state index in [-0.39, 0.29) is 21.7 Å². The molecule has 1 heterocycles. The van der Waals surface area contributed by atoms with Crippen LogP contribution in [0.25, 0.3) is 0 Å². The average molecular weight is 532 g/mol. The highest BCUT2D eigenvalue weighted by Crippen LogP contribution is 2.45. The zero-order valence-corrected chi connectivity index (χ0v) is 23.9. The molecule has 0 radical (unpaired) electrons. The quantitative estimate of drug-likeness (QED) is 0.305. The van der Waals surface area contributed by atoms with Crippen molar-refractivity contribution in [1.82, 2.24) is 4.90 Å². The molecule has 4 atom stereocenters. The Bertz CT molecular complexity index is 1080. The maximum atomic E-state index is 14.8. The minimum Gasteiger partial charge on any atom is -0.358 e. The van der Waals surface area contributed by atoms with E-state index < -0.39 is 24.1 Å². The number of carbonyl (C=O) groups is 1. The van der Waals surface area contributed by atoms with Crippen molar-refractivity contribution < 1.29 is 13.9 Å². The second-order valence-corrected chi connectivity index (χ2v) is 12.8. The Balaban J connectivity index is 2.21. The highest BCUT2D eigenvalue weighted by Gasteiger charge is 2.46. The van der Waals surface area contributed by atoms with E-state index in [0.717, 1.165) is 29.7 Å². The normalized spacial score (nSPS) is 21.5. The van der Waals surface area contributed by atoms with Crippen molar-refractivity contribution in [3.05, 3.63) is 82.1 Å². The summed E-state index contributed by atoms with van der Waals surface area (Å²) in [6.45, 7) is 16.7. The van der Waals surface area contributed by atoms with Gasteiger partial charge in [0, 0.05) is 23.0 Å². The van der Waals surface area contributed by atoms with Gasteiger partial charge in [0.2, 0.25) is 0 Å². The first-order chi connectivity index (χ1) is 17.0. The van der Waals surface area contributed by atoms with Crippen molar-refractivity contribution >= 4 is 29.3 Å². The molecule has 0 bridgehead atoms. The fourth-order valence-corrected chi connectivity index (χ4v) is 5.98. The van der Waals surface area contributed by atoms with Crippen LogP contribution < -0.4 is 0 Å². The number of aryl methyl sites for hydroxylation is 2. The van der Waals surface area contributed by atoms with Gasteiger partial charge in [-0.1, -0.05) is 82.1 Å². The lowest BCUT2D eigenvalue weighted by atomic mass is 9.88. The molecule has 1 fully saturated rings. The number of hydrogen-bond acceptors (Lipinski definition) is 3. The second-order valence-electron chi connectivity index (χ2n) is 10.5. The standard InChI is InChI=1S/C30H39ClFNO2S/c1-8-11-26-29(34)33(23(10-3)18-36-30(5,6)7)27(21-12-13-24(31)25(32)17-21)28(35-26)22-15-19(4)14-20(9-2)16-22/h8,12-17,23,26-28H,1,9-11,18H2,2-7H3. The van der Waals surface area contributed by atoms with Gasteiger partial charge in [-0.15, -0.1) is 6.58 Å². The summed E-state index contributed by atoms with van der Waals surface area (Å²) in [5.74, 6) is 0.209. The van der Waals surface area contributed by atoms with Gasteiger partial charge >= 0.3 is 0 Å². The maximum Gasteiger partial charge on any atom is 0.252 e. The van der Waals surface area contributed by atoms with Crippen molar-refractivity contribution in [2.45, 2.75) is 89.8 Å². The SMILES string of the molecule is C=CCC1OC(c2cc(C)cc(CC)c2)C(c2ccc(Cl)c(F)c2)N(C(CC)CSC(C)(C)C)C1=O. The summed E-state index contributed by atoms with van der Waals surface area (Å²) in [5, 5.41) is 0.0635. The summed E-state index contributed by atoms with van der Waals surface area (Å²) < 4.78 is 21.4. The van der Waals surface area contributed by atoms with Crippen molar-refractivity contribution in [3.63, 3.8) is 0 Å². The first-order valence-corrected chi connectivity index (χ1v) is 14.1. The molecule has 1 aliphatic rings. The maximum absolute atomic E-state index is 14.8. The minimum absolute atomic E-state index is 0.0420. The third-order valence-electron chi connectivity index (χ3n) is 6.56. The van der Waals surface area contributed by atoms with Gasteiger partial charge in [-0.05, 0) is 48.6 Å². The van der Waals surface area contributed by atoms with Crippen molar-refractivity contribution in [2.75, 3.05) is 5.75 Å². The number of morpholine rings is 1. The summed E-state index contributed by atoms with van der Waals surface area (Å²) in [6.07, 6.45) is 2.73. The summed E-state index contributed by atoms with van der Waals surface area (Å²) in [5.41, 5.74) is 4.02. The number of thioether (sulfide) groups is 1. The molecule has 0 spiro atoms. The Morgan fingerprint density at radius 1 is 1.19 bits per heavy atom. The van der Waals surface area contributed by atoms with Gasteiger partial charge in [0.25, 0.3) is 5.91 Å². The molecule has 196 valence electrons. The topological polar surface area (TPSA) is 29.5 Å². The predicted molar refractivity (Wildman–Crippen MR) is 150 cm³/mol. The number of carbonyl (C=O) groups excluding carboxylic acids is 1. The number of hydrogen-bond donors (Lipinski definition) is 0. The zero-order chi connectivity index (χ0) is 26.6. The van der Waals surface area contributed by atoms with Gasteiger partial charge < -0.3 is 9.64 Å². The lowest BCUT2D eigenvalue weighted by molar-refractivity contribution is -0.178. The first-order valence-electron chi connectivity index (χ1n) is 12.8. The molecule has 1 amide bonds. The summed E-state index contributed by atoms with van der Waals surface area (Å²) in [7, 11) is 0. The monoisotopic (exact) mass is 531 g/mol. The fourth-order valence-electron chi connectivity index (χ4n) is 4.77. The van der Waals surface area contributed by atoms with Gasteiger partial charge in [-0.25, -0.2) is 4.39 Å². The minimum atomic E-state index is -0.639. The lowest BCUT2D eigenvalue weighted by Gasteiger charge is -2.48. The molecule has 1 saturated heterocycles. The Morgan fingerprint density at radius 3 is 2.50 bits per heavy atom. The van der Waals surface area contributed by atoms with Crippen LogP contribution in [-0.2, 0) is 16.0 Å². The molecule has 0 N–H and O–H groups in total. The summed E-state index contributed by atoms with van der Waals surface area (Å²) in [4.78, 5) is 15.9. The number of nitrogens with zero attached hydrogens (tertiary/aromatic N) is 1. The highest BCUT2D eigenvalue weighted by atomic mass is 35.5. The van der Waals surface area contributed by atoms with Gasteiger partial charge in [-0.3, -0.25) is 4.79 Å². The van der Waals surface area contributed by atoms with Crippen molar-refractivity contribution in [1.29, 1.82) is 0 Å². The first kappa shape index (κ1) is 28.7. The van der Waals surface area contributed by atoms with Crippen LogP contribution in [0.3, 0.4) is 0 Å². The molecule has 0 aromatic heterocycles. The average Bonchev–Trinajstić information content (AvgIpc) is 2.82. The Hall–Kier alpha value is -1.82. The van der Waals surface area contributed by atoms with Gasteiger partial charge in [0.15, 0.2) is 0 Å². The molecule has 1 aliphatic heterocycles. The van der Waals surface area contributed by atoms with E-state index >= 15 is 0 Å². The summed E-state index contributed by atoms with van der Waals surface area (Å²) in [6, 6.07) is 10.8. The van der Waals surface area contributed by atoms with Crippen LogP contribution in [0.15, 0.2) is 49.1 Å². The molecule has 4 unspecified atom stereocenters.